The molecule has 0 aliphatic rings. The van der Waals surface area contributed by atoms with Gasteiger partial charge in [0, 0.05) is 5.56 Å². The number of aryl methyl sites for hydroxylation is 1. The van der Waals surface area contributed by atoms with Crippen molar-refractivity contribution in [3.05, 3.63) is 65.5 Å². The molecule has 0 saturated heterocycles. The SMILES string of the molecule is Fc1ccc(C#CCCl)cc1OCCCc1ccccc1. The van der Waals surface area contributed by atoms with Gasteiger partial charge in [-0.2, -0.15) is 0 Å². The Hall–Kier alpha value is -1.98. The summed E-state index contributed by atoms with van der Waals surface area (Å²) in [5, 5.41) is 0. The summed E-state index contributed by atoms with van der Waals surface area (Å²) >= 11 is 5.50. The van der Waals surface area contributed by atoms with Crippen LogP contribution in [0.4, 0.5) is 4.39 Å². The second kappa shape index (κ2) is 8.34. The number of ether oxygens (including phenoxy) is 1. The summed E-state index contributed by atoms with van der Waals surface area (Å²) in [7, 11) is 0. The average Bonchev–Trinajstić information content (AvgIpc) is 2.53. The minimum Gasteiger partial charge on any atom is -0.490 e. The number of benzene rings is 2. The van der Waals surface area contributed by atoms with E-state index in [1.165, 1.54) is 11.6 Å². The molecule has 0 saturated carbocycles. The maximum absolute atomic E-state index is 13.6. The smallest absolute Gasteiger partial charge is 0.165 e. The van der Waals surface area contributed by atoms with E-state index in [1.54, 1.807) is 12.1 Å². The van der Waals surface area contributed by atoms with Crippen molar-refractivity contribution in [3.8, 4) is 17.6 Å². The van der Waals surface area contributed by atoms with Gasteiger partial charge in [-0.05, 0) is 36.6 Å². The molecule has 21 heavy (non-hydrogen) atoms. The van der Waals surface area contributed by atoms with Gasteiger partial charge in [-0.3, -0.25) is 0 Å². The summed E-state index contributed by atoms with van der Waals surface area (Å²) in [4.78, 5) is 0. The zero-order chi connectivity index (χ0) is 14.9. The van der Waals surface area contributed by atoms with Gasteiger partial charge in [-0.15, -0.1) is 11.6 Å². The molecule has 0 aliphatic carbocycles. The van der Waals surface area contributed by atoms with Crippen molar-refractivity contribution in [1.29, 1.82) is 0 Å². The highest BCUT2D eigenvalue weighted by Crippen LogP contribution is 2.18. The molecule has 0 fully saturated rings. The zero-order valence-corrected chi connectivity index (χ0v) is 12.4. The summed E-state index contributed by atoms with van der Waals surface area (Å²) in [6.07, 6.45) is 1.75. The van der Waals surface area contributed by atoms with Crippen LogP contribution in [-0.2, 0) is 6.42 Å². The van der Waals surface area contributed by atoms with Crippen molar-refractivity contribution in [2.45, 2.75) is 12.8 Å². The molecule has 0 aliphatic heterocycles. The Morgan fingerprint density at radius 1 is 1.10 bits per heavy atom. The Bertz CT molecular complexity index is 629. The fourth-order valence-electron chi connectivity index (χ4n) is 1.93. The van der Waals surface area contributed by atoms with Crippen molar-refractivity contribution in [2.75, 3.05) is 12.5 Å². The van der Waals surface area contributed by atoms with E-state index in [-0.39, 0.29) is 17.4 Å². The van der Waals surface area contributed by atoms with Crippen LogP contribution in [0.15, 0.2) is 48.5 Å². The van der Waals surface area contributed by atoms with E-state index in [1.807, 2.05) is 18.2 Å². The van der Waals surface area contributed by atoms with Gasteiger partial charge in [-0.1, -0.05) is 42.2 Å². The highest BCUT2D eigenvalue weighted by atomic mass is 35.5. The van der Waals surface area contributed by atoms with Crippen molar-refractivity contribution >= 4 is 11.6 Å². The minimum atomic E-state index is -0.369. The Balaban J connectivity index is 1.87. The molecule has 0 N–H and O–H groups in total. The maximum Gasteiger partial charge on any atom is 0.165 e. The maximum atomic E-state index is 13.6. The summed E-state index contributed by atoms with van der Waals surface area (Å²) in [5.74, 6) is 5.71. The predicted molar refractivity (Wildman–Crippen MR) is 84.3 cm³/mol. The van der Waals surface area contributed by atoms with Crippen molar-refractivity contribution in [2.24, 2.45) is 0 Å². The molecule has 2 aromatic carbocycles. The lowest BCUT2D eigenvalue weighted by Gasteiger charge is -2.07. The van der Waals surface area contributed by atoms with Crippen LogP contribution >= 0.6 is 11.6 Å². The van der Waals surface area contributed by atoms with Crippen LogP contribution in [0.3, 0.4) is 0 Å². The fourth-order valence-corrected chi connectivity index (χ4v) is 2.00. The quantitative estimate of drug-likeness (QED) is 0.451. The van der Waals surface area contributed by atoms with Crippen molar-refractivity contribution < 1.29 is 9.13 Å². The van der Waals surface area contributed by atoms with E-state index in [4.69, 9.17) is 16.3 Å². The molecule has 0 unspecified atom stereocenters. The normalized spacial score (nSPS) is 9.81. The van der Waals surface area contributed by atoms with Gasteiger partial charge in [0.25, 0.3) is 0 Å². The van der Waals surface area contributed by atoms with Crippen LogP contribution in [0.1, 0.15) is 17.5 Å². The molecular weight excluding hydrogens is 287 g/mol. The largest absolute Gasteiger partial charge is 0.490 e. The molecule has 0 amide bonds. The van der Waals surface area contributed by atoms with E-state index in [0.29, 0.717) is 12.2 Å². The standard InChI is InChI=1S/C18H16ClFO/c19-12-4-8-16-10-11-17(20)18(14-16)21-13-5-9-15-6-2-1-3-7-15/h1-3,6-7,10-11,14H,5,9,12-13H2. The van der Waals surface area contributed by atoms with E-state index in [0.717, 1.165) is 12.8 Å². The zero-order valence-electron chi connectivity index (χ0n) is 11.6. The summed E-state index contributed by atoms with van der Waals surface area (Å²) < 4.78 is 19.1. The molecule has 108 valence electrons. The average molecular weight is 303 g/mol. The van der Waals surface area contributed by atoms with Gasteiger partial charge in [-0.25, -0.2) is 4.39 Å². The van der Waals surface area contributed by atoms with Crippen LogP contribution < -0.4 is 4.74 Å². The lowest BCUT2D eigenvalue weighted by molar-refractivity contribution is 0.295. The lowest BCUT2D eigenvalue weighted by atomic mass is 10.1. The van der Waals surface area contributed by atoms with Crippen LogP contribution in [0.25, 0.3) is 0 Å². The molecule has 2 rings (SSSR count). The van der Waals surface area contributed by atoms with Gasteiger partial charge in [0.2, 0.25) is 0 Å². The predicted octanol–water partition coefficient (Wildman–Crippen LogP) is 4.43. The van der Waals surface area contributed by atoms with Crippen LogP contribution in [0, 0.1) is 17.7 Å². The molecule has 0 atom stereocenters. The van der Waals surface area contributed by atoms with E-state index < -0.39 is 0 Å². The van der Waals surface area contributed by atoms with Gasteiger partial charge in [0.15, 0.2) is 11.6 Å². The van der Waals surface area contributed by atoms with Crippen LogP contribution in [-0.4, -0.2) is 12.5 Å². The van der Waals surface area contributed by atoms with Crippen LogP contribution in [0.5, 0.6) is 5.75 Å². The number of halogens is 2. The molecule has 1 nitrogen and oxygen atoms in total. The minimum absolute atomic E-state index is 0.240. The summed E-state index contributed by atoms with van der Waals surface area (Å²) in [6, 6.07) is 14.7. The molecule has 0 aromatic heterocycles. The van der Waals surface area contributed by atoms with Gasteiger partial charge < -0.3 is 4.74 Å². The molecule has 3 heteroatoms. The molecular formula is C18H16ClFO. The van der Waals surface area contributed by atoms with Crippen molar-refractivity contribution in [3.63, 3.8) is 0 Å². The first-order valence-electron chi connectivity index (χ1n) is 6.80. The Morgan fingerprint density at radius 2 is 1.90 bits per heavy atom. The fraction of sp³-hybridized carbons (Fsp3) is 0.222. The monoisotopic (exact) mass is 302 g/mol. The number of rotatable bonds is 5. The first-order valence-corrected chi connectivity index (χ1v) is 7.34. The first-order chi connectivity index (χ1) is 10.3. The third kappa shape index (κ3) is 5.13. The highest BCUT2D eigenvalue weighted by molar-refractivity contribution is 6.19. The Labute approximate surface area is 129 Å². The summed E-state index contributed by atoms with van der Waals surface area (Å²) in [5.41, 5.74) is 1.96. The second-order valence-electron chi connectivity index (χ2n) is 4.52. The Morgan fingerprint density at radius 3 is 2.67 bits per heavy atom. The first kappa shape index (κ1) is 15.4. The number of hydrogen-bond acceptors (Lipinski definition) is 1. The summed E-state index contributed by atoms with van der Waals surface area (Å²) in [6.45, 7) is 0.470. The second-order valence-corrected chi connectivity index (χ2v) is 4.79. The molecule has 0 radical (unpaired) electrons. The van der Waals surface area contributed by atoms with Gasteiger partial charge in [0.1, 0.15) is 0 Å². The van der Waals surface area contributed by atoms with E-state index >= 15 is 0 Å². The van der Waals surface area contributed by atoms with E-state index in [9.17, 15) is 4.39 Å². The highest BCUT2D eigenvalue weighted by Gasteiger charge is 2.04. The number of hydrogen-bond donors (Lipinski definition) is 0. The van der Waals surface area contributed by atoms with Gasteiger partial charge in [0.05, 0.1) is 12.5 Å². The molecule has 0 heterocycles. The van der Waals surface area contributed by atoms with E-state index in [2.05, 4.69) is 24.0 Å². The molecule has 0 bridgehead atoms. The third-order valence-electron chi connectivity index (χ3n) is 2.94. The number of alkyl halides is 1. The van der Waals surface area contributed by atoms with Crippen LogP contribution in [0.2, 0.25) is 0 Å². The molecule has 0 spiro atoms. The lowest BCUT2D eigenvalue weighted by Crippen LogP contribution is -2.01. The Kier molecular flexibility index (Phi) is 6.12. The molecule has 2 aromatic rings. The van der Waals surface area contributed by atoms with Crippen molar-refractivity contribution in [1.82, 2.24) is 0 Å². The topological polar surface area (TPSA) is 9.23 Å². The third-order valence-corrected chi connectivity index (χ3v) is 3.07. The van der Waals surface area contributed by atoms with Gasteiger partial charge >= 0.3 is 0 Å².